The lowest BCUT2D eigenvalue weighted by Crippen LogP contribution is -2.57. The number of esters is 1. The summed E-state index contributed by atoms with van der Waals surface area (Å²) < 4.78 is 42.2. The molecule has 1 N–H and O–H groups in total. The average molecular weight is 281 g/mol. The zero-order chi connectivity index (χ0) is 14.5. The fourth-order valence-electron chi connectivity index (χ4n) is 2.69. The van der Waals surface area contributed by atoms with Gasteiger partial charge in [0.1, 0.15) is 5.54 Å². The van der Waals surface area contributed by atoms with Crippen LogP contribution in [0.25, 0.3) is 0 Å². The van der Waals surface area contributed by atoms with E-state index < -0.39 is 24.2 Å². The molecule has 3 nitrogen and oxygen atoms in total. The number of hydrogen-bond acceptors (Lipinski definition) is 3. The van der Waals surface area contributed by atoms with Crippen molar-refractivity contribution in [3.05, 3.63) is 0 Å². The van der Waals surface area contributed by atoms with Crippen LogP contribution in [0, 0.1) is 5.92 Å². The van der Waals surface area contributed by atoms with E-state index in [1.54, 1.807) is 6.92 Å². The first-order valence-electron chi connectivity index (χ1n) is 6.82. The maximum Gasteiger partial charge on any atom is 0.401 e. The Morgan fingerprint density at radius 3 is 2.63 bits per heavy atom. The first kappa shape index (κ1) is 16.3. The summed E-state index contributed by atoms with van der Waals surface area (Å²) in [6.45, 7) is 2.69. The number of carbonyl (C=O) groups is 1. The highest BCUT2D eigenvalue weighted by atomic mass is 19.4. The summed E-state index contributed by atoms with van der Waals surface area (Å²) in [5, 5.41) is 2.42. The summed E-state index contributed by atoms with van der Waals surface area (Å²) in [6.07, 6.45) is -0.891. The van der Waals surface area contributed by atoms with Gasteiger partial charge in [-0.05, 0) is 25.7 Å². The normalized spacial score (nSPS) is 28.2. The molecule has 2 unspecified atom stereocenters. The van der Waals surface area contributed by atoms with Crippen LogP contribution in [0.4, 0.5) is 13.2 Å². The van der Waals surface area contributed by atoms with Crippen molar-refractivity contribution in [2.75, 3.05) is 13.2 Å². The minimum atomic E-state index is -4.32. The van der Waals surface area contributed by atoms with Crippen LogP contribution >= 0.6 is 0 Å². The SMILES string of the molecule is CCOC(=O)C1(NCC(F)(F)F)CCCC(CC)C1. The van der Waals surface area contributed by atoms with E-state index in [9.17, 15) is 18.0 Å². The van der Waals surface area contributed by atoms with Crippen molar-refractivity contribution in [2.45, 2.75) is 57.7 Å². The van der Waals surface area contributed by atoms with E-state index in [1.165, 1.54) is 0 Å². The number of halogens is 3. The first-order valence-corrected chi connectivity index (χ1v) is 6.82. The van der Waals surface area contributed by atoms with Gasteiger partial charge in [0.2, 0.25) is 0 Å². The van der Waals surface area contributed by atoms with Gasteiger partial charge in [-0.1, -0.05) is 26.2 Å². The van der Waals surface area contributed by atoms with Crippen molar-refractivity contribution in [1.29, 1.82) is 0 Å². The highest BCUT2D eigenvalue weighted by Crippen LogP contribution is 2.35. The van der Waals surface area contributed by atoms with Crippen LogP contribution in [0.5, 0.6) is 0 Å². The molecule has 0 aromatic carbocycles. The van der Waals surface area contributed by atoms with Crippen molar-refractivity contribution in [2.24, 2.45) is 5.92 Å². The summed E-state index contributed by atoms with van der Waals surface area (Å²) in [7, 11) is 0. The van der Waals surface area contributed by atoms with Crippen LogP contribution in [0.3, 0.4) is 0 Å². The quantitative estimate of drug-likeness (QED) is 0.787. The minimum Gasteiger partial charge on any atom is -0.465 e. The molecule has 0 saturated heterocycles. The molecule has 1 aliphatic carbocycles. The molecule has 0 aromatic rings. The second kappa shape index (κ2) is 6.59. The molecule has 0 amide bonds. The van der Waals surface area contributed by atoms with Crippen LogP contribution in [0.1, 0.15) is 46.0 Å². The lowest BCUT2D eigenvalue weighted by molar-refractivity contribution is -0.158. The second-order valence-electron chi connectivity index (χ2n) is 5.14. The van der Waals surface area contributed by atoms with E-state index in [2.05, 4.69) is 5.32 Å². The summed E-state index contributed by atoms with van der Waals surface area (Å²) >= 11 is 0. The Hall–Kier alpha value is -0.780. The maximum absolute atomic E-state index is 12.4. The molecular weight excluding hydrogens is 259 g/mol. The Labute approximate surface area is 111 Å². The summed E-state index contributed by atoms with van der Waals surface area (Å²) in [4.78, 5) is 12.0. The molecule has 0 heterocycles. The standard InChI is InChI=1S/C13H22F3NO2/c1-3-10-6-5-7-12(8-10,11(18)19-4-2)17-9-13(14,15)16/h10,17H,3-9H2,1-2H3. The molecule has 0 spiro atoms. The molecule has 6 heteroatoms. The zero-order valence-electron chi connectivity index (χ0n) is 11.5. The van der Waals surface area contributed by atoms with E-state index in [-0.39, 0.29) is 12.5 Å². The molecule has 0 bridgehead atoms. The number of hydrogen-bond donors (Lipinski definition) is 1. The maximum atomic E-state index is 12.4. The molecular formula is C13H22F3NO2. The zero-order valence-corrected chi connectivity index (χ0v) is 11.5. The van der Waals surface area contributed by atoms with Crippen LogP contribution < -0.4 is 5.32 Å². The number of rotatable bonds is 5. The third kappa shape index (κ3) is 4.67. The predicted molar refractivity (Wildman–Crippen MR) is 65.7 cm³/mol. The van der Waals surface area contributed by atoms with Gasteiger partial charge >= 0.3 is 12.1 Å². The topological polar surface area (TPSA) is 38.3 Å². The Kier molecular flexibility index (Phi) is 5.64. The largest absolute Gasteiger partial charge is 0.465 e. The Morgan fingerprint density at radius 2 is 2.11 bits per heavy atom. The average Bonchev–Trinajstić information content (AvgIpc) is 2.36. The number of nitrogens with one attached hydrogen (secondary N) is 1. The van der Waals surface area contributed by atoms with E-state index in [4.69, 9.17) is 4.74 Å². The smallest absolute Gasteiger partial charge is 0.401 e. The predicted octanol–water partition coefficient (Wildman–Crippen LogP) is 3.04. The van der Waals surface area contributed by atoms with Gasteiger partial charge in [-0.25, -0.2) is 0 Å². The van der Waals surface area contributed by atoms with Crippen molar-refractivity contribution >= 4 is 5.97 Å². The molecule has 2 atom stereocenters. The summed E-state index contributed by atoms with van der Waals surface area (Å²) in [5.74, 6) is -0.267. The second-order valence-corrected chi connectivity index (χ2v) is 5.14. The summed E-state index contributed by atoms with van der Waals surface area (Å²) in [5.41, 5.74) is -1.16. The van der Waals surface area contributed by atoms with Crippen molar-refractivity contribution in [3.8, 4) is 0 Å². The fourth-order valence-corrected chi connectivity index (χ4v) is 2.69. The highest BCUT2D eigenvalue weighted by molar-refractivity contribution is 5.81. The molecule has 1 aliphatic rings. The van der Waals surface area contributed by atoms with Gasteiger partial charge in [-0.3, -0.25) is 10.1 Å². The van der Waals surface area contributed by atoms with Crippen LogP contribution in [-0.2, 0) is 9.53 Å². The van der Waals surface area contributed by atoms with E-state index >= 15 is 0 Å². The molecule has 0 radical (unpaired) electrons. The third-order valence-corrected chi connectivity index (χ3v) is 3.72. The van der Waals surface area contributed by atoms with Crippen molar-refractivity contribution in [1.82, 2.24) is 5.32 Å². The van der Waals surface area contributed by atoms with E-state index in [0.29, 0.717) is 12.8 Å². The lowest BCUT2D eigenvalue weighted by Gasteiger charge is -2.39. The number of alkyl halides is 3. The Bertz CT molecular complexity index is 307. The van der Waals surface area contributed by atoms with E-state index in [0.717, 1.165) is 19.3 Å². The molecule has 1 fully saturated rings. The molecule has 0 aromatic heterocycles. The Morgan fingerprint density at radius 1 is 1.42 bits per heavy atom. The number of carbonyl (C=O) groups excluding carboxylic acids is 1. The van der Waals surface area contributed by atoms with Crippen LogP contribution in [0.2, 0.25) is 0 Å². The molecule has 1 saturated carbocycles. The van der Waals surface area contributed by atoms with Gasteiger partial charge in [-0.2, -0.15) is 13.2 Å². The van der Waals surface area contributed by atoms with Gasteiger partial charge in [0.25, 0.3) is 0 Å². The molecule has 19 heavy (non-hydrogen) atoms. The minimum absolute atomic E-state index is 0.186. The Balaban J connectivity index is 2.80. The fraction of sp³-hybridized carbons (Fsp3) is 0.923. The monoisotopic (exact) mass is 281 g/mol. The van der Waals surface area contributed by atoms with Crippen molar-refractivity contribution in [3.63, 3.8) is 0 Å². The molecule has 1 rings (SSSR count). The van der Waals surface area contributed by atoms with Gasteiger partial charge in [0.15, 0.2) is 0 Å². The van der Waals surface area contributed by atoms with Crippen LogP contribution in [0.15, 0.2) is 0 Å². The molecule has 0 aliphatic heterocycles. The molecule has 112 valence electrons. The number of ether oxygens (including phenoxy) is 1. The van der Waals surface area contributed by atoms with Gasteiger partial charge in [0, 0.05) is 0 Å². The third-order valence-electron chi connectivity index (χ3n) is 3.72. The van der Waals surface area contributed by atoms with Crippen molar-refractivity contribution < 1.29 is 22.7 Å². The van der Waals surface area contributed by atoms with Gasteiger partial charge in [-0.15, -0.1) is 0 Å². The van der Waals surface area contributed by atoms with Gasteiger partial charge in [0.05, 0.1) is 13.2 Å². The first-order chi connectivity index (χ1) is 8.83. The lowest BCUT2D eigenvalue weighted by atomic mass is 9.74. The van der Waals surface area contributed by atoms with Gasteiger partial charge < -0.3 is 4.74 Å². The van der Waals surface area contributed by atoms with Crippen LogP contribution in [-0.4, -0.2) is 30.8 Å². The highest BCUT2D eigenvalue weighted by Gasteiger charge is 2.45. The van der Waals surface area contributed by atoms with E-state index in [1.807, 2.05) is 6.92 Å². The summed E-state index contributed by atoms with van der Waals surface area (Å²) in [6, 6.07) is 0.